The van der Waals surface area contributed by atoms with Crippen molar-refractivity contribution in [1.82, 2.24) is 5.16 Å². The summed E-state index contributed by atoms with van der Waals surface area (Å²) in [5.74, 6) is -2.64. The minimum absolute atomic E-state index is 0.0143. The number of anilines is 1. The van der Waals surface area contributed by atoms with Crippen molar-refractivity contribution < 1.29 is 33.0 Å². The molecule has 0 bridgehead atoms. The molecule has 1 fully saturated rings. The summed E-state index contributed by atoms with van der Waals surface area (Å²) < 4.78 is 37.3. The monoisotopic (exact) mass is 314 g/mol. The molecule has 2 N–H and O–H groups in total. The zero-order chi connectivity index (χ0) is 15.9. The zero-order valence-electron chi connectivity index (χ0n) is 11.2. The number of aromatic nitrogens is 1. The number of aldehydes is 1. The van der Waals surface area contributed by atoms with Crippen LogP contribution in [0.1, 0.15) is 16.8 Å². The number of halogens is 2. The number of fused-ring (bicyclic) bond motifs is 1. The number of ether oxygens (including phenoxy) is 1. The Labute approximate surface area is 122 Å². The van der Waals surface area contributed by atoms with Gasteiger partial charge < -0.3 is 19.5 Å². The van der Waals surface area contributed by atoms with E-state index in [2.05, 4.69) is 5.16 Å². The second kappa shape index (κ2) is 5.59. The van der Waals surface area contributed by atoms with E-state index in [-0.39, 0.29) is 37.1 Å². The topological polar surface area (TPSA) is 96.0 Å². The lowest BCUT2D eigenvalue weighted by atomic mass is 10.1. The van der Waals surface area contributed by atoms with Crippen molar-refractivity contribution in [3.05, 3.63) is 23.3 Å². The van der Waals surface area contributed by atoms with E-state index in [4.69, 9.17) is 14.4 Å². The van der Waals surface area contributed by atoms with Crippen LogP contribution in [0.4, 0.5) is 14.6 Å². The van der Waals surface area contributed by atoms with E-state index in [9.17, 15) is 18.7 Å². The van der Waals surface area contributed by atoms with Gasteiger partial charge in [-0.3, -0.25) is 9.69 Å². The Balaban J connectivity index is 2.15. The van der Waals surface area contributed by atoms with Crippen molar-refractivity contribution in [2.45, 2.75) is 18.9 Å². The Bertz CT molecular complexity index is 718. The lowest BCUT2D eigenvalue weighted by molar-refractivity contribution is -0.0579. The van der Waals surface area contributed by atoms with Gasteiger partial charge in [-0.1, -0.05) is 5.16 Å². The highest BCUT2D eigenvalue weighted by molar-refractivity contribution is 5.94. The van der Waals surface area contributed by atoms with Crippen molar-refractivity contribution in [1.29, 1.82) is 0 Å². The van der Waals surface area contributed by atoms with Crippen LogP contribution in [0.25, 0.3) is 11.0 Å². The summed E-state index contributed by atoms with van der Waals surface area (Å²) >= 11 is 0. The average molecular weight is 314 g/mol. The molecule has 0 aliphatic carbocycles. The van der Waals surface area contributed by atoms with E-state index in [0.29, 0.717) is 0 Å². The molecule has 2 heterocycles. The van der Waals surface area contributed by atoms with Crippen LogP contribution in [0.5, 0.6) is 0 Å². The molecule has 7 nitrogen and oxygen atoms in total. The van der Waals surface area contributed by atoms with Gasteiger partial charge in [0.15, 0.2) is 17.9 Å². The largest absolute Gasteiger partial charge is 0.396 e. The highest BCUT2D eigenvalue weighted by atomic mass is 19.2. The first-order chi connectivity index (χ1) is 10.6. The molecule has 3 rings (SSSR count). The van der Waals surface area contributed by atoms with Gasteiger partial charge in [-0.15, -0.1) is 0 Å². The van der Waals surface area contributed by atoms with Gasteiger partial charge in [-0.2, -0.15) is 4.39 Å². The number of hydrogen-bond acceptors (Lipinski definition) is 7. The van der Waals surface area contributed by atoms with E-state index < -0.39 is 35.2 Å². The van der Waals surface area contributed by atoms with Gasteiger partial charge in [0.2, 0.25) is 17.8 Å². The second-order valence-corrected chi connectivity index (χ2v) is 4.83. The molecule has 0 saturated carbocycles. The summed E-state index contributed by atoms with van der Waals surface area (Å²) in [6.45, 7) is -0.0318. The fraction of sp³-hybridized carbons (Fsp3) is 0.385. The van der Waals surface area contributed by atoms with E-state index in [0.717, 1.165) is 6.07 Å². The van der Waals surface area contributed by atoms with Gasteiger partial charge in [0, 0.05) is 6.61 Å². The molecule has 1 saturated heterocycles. The van der Waals surface area contributed by atoms with Crippen molar-refractivity contribution in [3.63, 3.8) is 0 Å². The predicted molar refractivity (Wildman–Crippen MR) is 69.2 cm³/mol. The maximum atomic E-state index is 13.9. The maximum absolute atomic E-state index is 13.9. The van der Waals surface area contributed by atoms with Crippen molar-refractivity contribution >= 4 is 23.1 Å². The SMILES string of the molecule is O=Cc1cc2c(N3C(O)OC[C@@H]3CCO)noc2c(F)c1F. The van der Waals surface area contributed by atoms with Gasteiger partial charge in [0.1, 0.15) is 0 Å². The quantitative estimate of drug-likeness (QED) is 0.805. The highest BCUT2D eigenvalue weighted by Crippen LogP contribution is 2.34. The molecule has 2 atom stereocenters. The molecular formula is C13H12F2N2O5. The Morgan fingerprint density at radius 1 is 1.45 bits per heavy atom. The van der Waals surface area contributed by atoms with Crippen LogP contribution in [0.2, 0.25) is 0 Å². The number of nitrogens with zero attached hydrogens (tertiary/aromatic N) is 2. The molecule has 22 heavy (non-hydrogen) atoms. The van der Waals surface area contributed by atoms with Gasteiger partial charge in [0.25, 0.3) is 0 Å². The molecule has 1 aromatic carbocycles. The molecule has 1 aliphatic rings. The zero-order valence-corrected chi connectivity index (χ0v) is 11.2. The number of benzene rings is 1. The standard InChI is InChI=1S/C13H12F2N2O5/c14-9-6(4-19)3-8-11(10(9)15)22-16-12(8)17-7(1-2-18)5-21-13(17)20/h3-4,7,13,18,20H,1-2,5H2/t7-,13?/m0/s1. The van der Waals surface area contributed by atoms with Crippen LogP contribution in [0, 0.1) is 11.6 Å². The summed E-state index contributed by atoms with van der Waals surface area (Å²) in [5.41, 5.74) is -0.942. The molecule has 1 unspecified atom stereocenters. The van der Waals surface area contributed by atoms with Crippen LogP contribution < -0.4 is 4.90 Å². The first kappa shape index (κ1) is 14.8. The number of aliphatic hydroxyl groups excluding tert-OH is 2. The third kappa shape index (κ3) is 2.14. The molecule has 118 valence electrons. The lowest BCUT2D eigenvalue weighted by Gasteiger charge is -2.24. The fourth-order valence-corrected chi connectivity index (χ4v) is 2.48. The molecule has 1 aromatic heterocycles. The lowest BCUT2D eigenvalue weighted by Crippen LogP contribution is -2.38. The maximum Gasteiger partial charge on any atom is 0.239 e. The van der Waals surface area contributed by atoms with Crippen LogP contribution in [0.15, 0.2) is 10.6 Å². The third-order valence-corrected chi connectivity index (χ3v) is 3.56. The van der Waals surface area contributed by atoms with Gasteiger partial charge in [-0.05, 0) is 12.5 Å². The number of carbonyl (C=O) groups excluding carboxylic acids is 1. The van der Waals surface area contributed by atoms with E-state index >= 15 is 0 Å². The Kier molecular flexibility index (Phi) is 3.77. The minimum atomic E-state index is -1.36. The molecule has 9 heteroatoms. The number of rotatable bonds is 4. The molecule has 0 amide bonds. The number of hydrogen-bond donors (Lipinski definition) is 2. The van der Waals surface area contributed by atoms with Crippen LogP contribution in [-0.2, 0) is 4.74 Å². The summed E-state index contributed by atoms with van der Waals surface area (Å²) in [7, 11) is 0. The normalized spacial score (nSPS) is 21.7. The van der Waals surface area contributed by atoms with E-state index in [1.54, 1.807) is 0 Å². The van der Waals surface area contributed by atoms with Crippen LogP contribution >= 0.6 is 0 Å². The Morgan fingerprint density at radius 3 is 2.91 bits per heavy atom. The third-order valence-electron chi connectivity index (χ3n) is 3.56. The smallest absolute Gasteiger partial charge is 0.239 e. The number of aliphatic hydroxyl groups is 2. The van der Waals surface area contributed by atoms with Crippen molar-refractivity contribution in [3.8, 4) is 0 Å². The first-order valence-electron chi connectivity index (χ1n) is 6.50. The molecule has 2 aromatic rings. The summed E-state index contributed by atoms with van der Waals surface area (Å²) in [6, 6.07) is 0.675. The Morgan fingerprint density at radius 2 is 2.23 bits per heavy atom. The van der Waals surface area contributed by atoms with Crippen LogP contribution in [0.3, 0.4) is 0 Å². The van der Waals surface area contributed by atoms with Crippen LogP contribution in [-0.4, -0.2) is 47.3 Å². The Hall–Kier alpha value is -2.10. The average Bonchev–Trinajstić information content (AvgIpc) is 3.07. The number of carbonyl (C=O) groups is 1. The highest BCUT2D eigenvalue weighted by Gasteiger charge is 2.36. The summed E-state index contributed by atoms with van der Waals surface area (Å²) in [5, 5.41) is 22.6. The first-order valence-corrected chi connectivity index (χ1v) is 6.50. The van der Waals surface area contributed by atoms with E-state index in [1.165, 1.54) is 4.90 Å². The predicted octanol–water partition coefficient (Wildman–Crippen LogP) is 0.782. The van der Waals surface area contributed by atoms with Crippen molar-refractivity contribution in [2.24, 2.45) is 0 Å². The second-order valence-electron chi connectivity index (χ2n) is 4.83. The van der Waals surface area contributed by atoms with Crippen molar-refractivity contribution in [2.75, 3.05) is 18.1 Å². The molecular weight excluding hydrogens is 302 g/mol. The molecule has 0 radical (unpaired) electrons. The van der Waals surface area contributed by atoms with Gasteiger partial charge in [-0.25, -0.2) is 4.39 Å². The molecule has 1 aliphatic heterocycles. The van der Waals surface area contributed by atoms with Gasteiger partial charge >= 0.3 is 0 Å². The summed E-state index contributed by atoms with van der Waals surface area (Å²) in [6.07, 6.45) is -0.913. The minimum Gasteiger partial charge on any atom is -0.396 e. The molecule has 0 spiro atoms. The van der Waals surface area contributed by atoms with Gasteiger partial charge in [0.05, 0.1) is 23.6 Å². The van der Waals surface area contributed by atoms with E-state index in [1.807, 2.05) is 0 Å². The summed E-state index contributed by atoms with van der Waals surface area (Å²) in [4.78, 5) is 12.1. The fourth-order valence-electron chi connectivity index (χ4n) is 2.48.